The zero-order chi connectivity index (χ0) is 22.9. The van der Waals surface area contributed by atoms with Gasteiger partial charge in [-0.15, -0.1) is 0 Å². The lowest BCUT2D eigenvalue weighted by molar-refractivity contribution is 0.477. The van der Waals surface area contributed by atoms with Crippen molar-refractivity contribution in [3.05, 3.63) is 66.4 Å². The van der Waals surface area contributed by atoms with Gasteiger partial charge >= 0.3 is 0 Å². The summed E-state index contributed by atoms with van der Waals surface area (Å²) in [5.74, 6) is -1.50. The molecule has 0 spiro atoms. The Morgan fingerprint density at radius 2 is 1.78 bits per heavy atom. The molecule has 0 unspecified atom stereocenters. The molecule has 0 saturated carbocycles. The Morgan fingerprint density at radius 1 is 1.06 bits per heavy atom. The Morgan fingerprint density at radius 3 is 2.50 bits per heavy atom. The Bertz CT molecular complexity index is 1390. The molecule has 2 aromatic heterocycles. The number of phenols is 1. The molecule has 0 aliphatic rings. The van der Waals surface area contributed by atoms with Gasteiger partial charge in [-0.05, 0) is 29.7 Å². The maximum Gasteiger partial charge on any atom is 0.240 e. The molecule has 12 heteroatoms. The average Bonchev–Trinajstić information content (AvgIpc) is 3.12. The molecular weight excluding hydrogens is 439 g/mol. The molecule has 32 heavy (non-hydrogen) atoms. The number of hydrogen-bond acceptors (Lipinski definition) is 6. The van der Waals surface area contributed by atoms with E-state index in [0.717, 1.165) is 12.1 Å². The molecule has 2 heterocycles. The summed E-state index contributed by atoms with van der Waals surface area (Å²) >= 11 is 0. The first kappa shape index (κ1) is 21.7. The highest BCUT2D eigenvalue weighted by Gasteiger charge is 2.17. The van der Waals surface area contributed by atoms with E-state index in [1.807, 2.05) is 0 Å². The molecule has 0 aliphatic heterocycles. The summed E-state index contributed by atoms with van der Waals surface area (Å²) in [5.41, 5.74) is 1.58. The molecule has 0 amide bonds. The van der Waals surface area contributed by atoms with E-state index in [1.54, 1.807) is 24.3 Å². The number of anilines is 1. The number of benzene rings is 2. The highest BCUT2D eigenvalue weighted by Crippen LogP contribution is 2.29. The van der Waals surface area contributed by atoms with E-state index in [1.165, 1.54) is 16.8 Å². The third-order valence-electron chi connectivity index (χ3n) is 4.55. The highest BCUT2D eigenvalue weighted by molar-refractivity contribution is 7.89. The zero-order valence-electron chi connectivity index (χ0n) is 16.5. The van der Waals surface area contributed by atoms with Gasteiger partial charge in [-0.25, -0.2) is 26.9 Å². The summed E-state index contributed by atoms with van der Waals surface area (Å²) in [5, 5.41) is 17.3. The van der Waals surface area contributed by atoms with Crippen molar-refractivity contribution < 1.29 is 22.3 Å². The number of fused-ring (bicyclic) bond motifs is 1. The quantitative estimate of drug-likeness (QED) is 0.289. The van der Waals surface area contributed by atoms with Crippen LogP contribution in [0.5, 0.6) is 5.75 Å². The molecule has 0 fully saturated rings. The van der Waals surface area contributed by atoms with Crippen LogP contribution in [-0.2, 0) is 10.0 Å². The molecular formula is C20H16BF2N5O3S. The second-order valence-electron chi connectivity index (χ2n) is 6.81. The van der Waals surface area contributed by atoms with E-state index in [9.17, 15) is 22.3 Å². The predicted octanol–water partition coefficient (Wildman–Crippen LogP) is 1.56. The van der Waals surface area contributed by atoms with Gasteiger partial charge in [0.25, 0.3) is 0 Å². The largest absolute Gasteiger partial charge is 0.507 e. The van der Waals surface area contributed by atoms with E-state index < -0.39 is 26.6 Å². The summed E-state index contributed by atoms with van der Waals surface area (Å²) in [7, 11) is 1.83. The van der Waals surface area contributed by atoms with Crippen LogP contribution in [0.2, 0.25) is 0 Å². The van der Waals surface area contributed by atoms with Crippen LogP contribution in [0.15, 0.2) is 59.6 Å². The highest BCUT2D eigenvalue weighted by atomic mass is 32.2. The predicted molar refractivity (Wildman–Crippen MR) is 116 cm³/mol. The van der Waals surface area contributed by atoms with Gasteiger partial charge in [0.15, 0.2) is 5.65 Å². The molecule has 0 aliphatic carbocycles. The Labute approximate surface area is 183 Å². The normalized spacial score (nSPS) is 11.7. The van der Waals surface area contributed by atoms with Crippen LogP contribution in [0.25, 0.3) is 16.9 Å². The number of nitrogens with zero attached hydrogens (tertiary/aromatic N) is 3. The molecule has 4 rings (SSSR count). The van der Waals surface area contributed by atoms with E-state index in [0.29, 0.717) is 34.3 Å². The van der Waals surface area contributed by atoms with Crippen molar-refractivity contribution in [1.29, 1.82) is 0 Å². The third-order valence-corrected chi connectivity index (χ3v) is 5.99. The van der Waals surface area contributed by atoms with Crippen LogP contribution in [0.4, 0.5) is 14.6 Å². The van der Waals surface area contributed by atoms with Crippen molar-refractivity contribution in [1.82, 2.24) is 19.3 Å². The number of para-hydroxylation sites is 1. The number of rotatable bonds is 7. The van der Waals surface area contributed by atoms with Crippen molar-refractivity contribution in [2.45, 2.75) is 4.90 Å². The van der Waals surface area contributed by atoms with Crippen molar-refractivity contribution in [3.63, 3.8) is 0 Å². The van der Waals surface area contributed by atoms with Crippen LogP contribution in [-0.4, -0.2) is 49.1 Å². The molecule has 0 bridgehead atoms. The number of sulfonamides is 1. The summed E-state index contributed by atoms with van der Waals surface area (Å²) in [6, 6.07) is 10.3. The molecule has 2 aromatic carbocycles. The van der Waals surface area contributed by atoms with Crippen LogP contribution < -0.4 is 15.5 Å². The first-order valence-corrected chi connectivity index (χ1v) is 10.9. The van der Waals surface area contributed by atoms with Crippen LogP contribution in [0.3, 0.4) is 0 Å². The van der Waals surface area contributed by atoms with Crippen molar-refractivity contribution in [2.75, 3.05) is 18.4 Å². The number of aromatic hydroxyl groups is 1. The minimum Gasteiger partial charge on any atom is -0.507 e. The molecule has 0 atom stereocenters. The maximum atomic E-state index is 13.3. The van der Waals surface area contributed by atoms with E-state index in [4.69, 9.17) is 7.85 Å². The fourth-order valence-corrected chi connectivity index (χ4v) is 4.15. The topological polar surface area (TPSA) is 109 Å². The van der Waals surface area contributed by atoms with Gasteiger partial charge < -0.3 is 10.4 Å². The third kappa shape index (κ3) is 4.41. The lowest BCUT2D eigenvalue weighted by Gasteiger charge is -2.12. The van der Waals surface area contributed by atoms with Gasteiger partial charge in [0.1, 0.15) is 31.0 Å². The van der Waals surface area contributed by atoms with E-state index >= 15 is 0 Å². The van der Waals surface area contributed by atoms with Crippen molar-refractivity contribution in [3.8, 4) is 17.0 Å². The molecule has 3 N–H and O–H groups in total. The Hall–Kier alpha value is -3.51. The molecule has 4 aromatic rings. The SMILES string of the molecule is [B]c1cnn2c(NCCNS(=O)(=O)c3cc(F)cc(F)c3)cc(-c3ccccc3O)nc12. The molecule has 2 radical (unpaired) electrons. The van der Waals surface area contributed by atoms with Crippen molar-refractivity contribution in [2.24, 2.45) is 0 Å². The number of aromatic nitrogens is 3. The second kappa shape index (κ2) is 8.56. The molecule has 162 valence electrons. The monoisotopic (exact) mass is 455 g/mol. The second-order valence-corrected chi connectivity index (χ2v) is 8.58. The molecule has 0 saturated heterocycles. The fraction of sp³-hybridized carbons (Fsp3) is 0.100. The summed E-state index contributed by atoms with van der Waals surface area (Å²) in [6.45, 7) is 0.0169. The Balaban J connectivity index is 1.54. The number of hydrogen-bond donors (Lipinski definition) is 3. The summed E-state index contributed by atoms with van der Waals surface area (Å²) in [4.78, 5) is 3.93. The Kier molecular flexibility index (Phi) is 5.81. The van der Waals surface area contributed by atoms with Crippen LogP contribution in [0.1, 0.15) is 0 Å². The first-order valence-electron chi connectivity index (χ1n) is 9.37. The van der Waals surface area contributed by atoms with E-state index in [2.05, 4.69) is 20.1 Å². The summed E-state index contributed by atoms with van der Waals surface area (Å²) < 4.78 is 55.0. The zero-order valence-corrected chi connectivity index (χ0v) is 17.3. The van der Waals surface area contributed by atoms with Crippen LogP contribution in [0, 0.1) is 11.6 Å². The standard InChI is InChI=1S/C20H16BF2N5O3S/c21-16-11-25-28-19(10-17(27-20(16)28)15-3-1-2-4-18(15)29)24-5-6-26-32(30,31)14-8-12(22)7-13(23)9-14/h1-4,7-11,24,26,29H,5-6H2. The minimum absolute atomic E-state index is 0.0310. The van der Waals surface area contributed by atoms with Gasteiger partial charge in [-0.2, -0.15) is 9.61 Å². The first-order chi connectivity index (χ1) is 15.2. The van der Waals surface area contributed by atoms with E-state index in [-0.39, 0.29) is 18.8 Å². The smallest absolute Gasteiger partial charge is 0.240 e. The minimum atomic E-state index is -4.11. The lowest BCUT2D eigenvalue weighted by Crippen LogP contribution is -2.29. The van der Waals surface area contributed by atoms with Gasteiger partial charge in [0, 0.05) is 37.0 Å². The maximum absolute atomic E-state index is 13.3. The van der Waals surface area contributed by atoms with Gasteiger partial charge in [-0.1, -0.05) is 12.1 Å². The van der Waals surface area contributed by atoms with Crippen molar-refractivity contribution >= 4 is 34.8 Å². The molecule has 8 nitrogen and oxygen atoms in total. The lowest BCUT2D eigenvalue weighted by atomic mass is 10.0. The van der Waals surface area contributed by atoms with Gasteiger partial charge in [0.05, 0.1) is 10.6 Å². The number of nitrogens with one attached hydrogen (secondary N) is 2. The fourth-order valence-electron chi connectivity index (χ4n) is 3.08. The number of phenolic OH excluding ortho intramolecular Hbond substituents is 1. The van der Waals surface area contributed by atoms with Gasteiger partial charge in [-0.3, -0.25) is 0 Å². The van der Waals surface area contributed by atoms with Gasteiger partial charge in [0.2, 0.25) is 10.0 Å². The summed E-state index contributed by atoms with van der Waals surface area (Å²) in [6.07, 6.45) is 1.42. The number of halogens is 2. The van der Waals surface area contributed by atoms with Crippen LogP contribution >= 0.6 is 0 Å². The average molecular weight is 455 g/mol.